The van der Waals surface area contributed by atoms with Crippen molar-refractivity contribution in [2.75, 3.05) is 18.1 Å². The minimum Gasteiger partial charge on any atom is -0.465 e. The van der Waals surface area contributed by atoms with Gasteiger partial charge in [-0.3, -0.25) is 4.79 Å². The van der Waals surface area contributed by atoms with Crippen molar-refractivity contribution >= 4 is 29.0 Å². The molecule has 1 fully saturated rings. The lowest BCUT2D eigenvalue weighted by Crippen LogP contribution is -2.34. The van der Waals surface area contributed by atoms with E-state index in [9.17, 15) is 4.79 Å². The molecule has 0 aromatic carbocycles. The van der Waals surface area contributed by atoms with Crippen molar-refractivity contribution in [1.29, 1.82) is 0 Å². The van der Waals surface area contributed by atoms with Crippen molar-refractivity contribution in [1.82, 2.24) is 4.98 Å². The van der Waals surface area contributed by atoms with E-state index in [0.29, 0.717) is 17.6 Å². The van der Waals surface area contributed by atoms with Crippen LogP contribution in [-0.4, -0.2) is 35.1 Å². The Balaban J connectivity index is 2.25. The van der Waals surface area contributed by atoms with Crippen LogP contribution in [0.1, 0.15) is 31.0 Å². The second kappa shape index (κ2) is 6.17. The predicted molar refractivity (Wildman–Crippen MR) is 81.9 cm³/mol. The van der Waals surface area contributed by atoms with Crippen LogP contribution in [0, 0.1) is 6.92 Å². The van der Waals surface area contributed by atoms with Crippen LogP contribution in [0.15, 0.2) is 12.1 Å². The van der Waals surface area contributed by atoms with Crippen molar-refractivity contribution < 1.29 is 9.53 Å². The van der Waals surface area contributed by atoms with Gasteiger partial charge in [0.05, 0.1) is 6.61 Å². The van der Waals surface area contributed by atoms with Gasteiger partial charge in [-0.05, 0) is 38.8 Å². The molecule has 1 aromatic rings. The highest BCUT2D eigenvalue weighted by Crippen LogP contribution is 2.31. The van der Waals surface area contributed by atoms with Crippen molar-refractivity contribution in [3.8, 4) is 0 Å². The van der Waals surface area contributed by atoms with Crippen LogP contribution in [-0.2, 0) is 9.53 Å². The molecule has 5 nitrogen and oxygen atoms in total. The fourth-order valence-electron chi connectivity index (χ4n) is 2.07. The molecule has 1 aliphatic rings. The molecule has 0 radical (unpaired) electrons. The number of esters is 1. The van der Waals surface area contributed by atoms with Gasteiger partial charge in [-0.25, -0.2) is 4.98 Å². The molecule has 1 aromatic heterocycles. The predicted octanol–water partition coefficient (Wildman–Crippen LogP) is 1.56. The summed E-state index contributed by atoms with van der Waals surface area (Å²) < 4.78 is 5.02. The number of hydrogen-bond donors (Lipinski definition) is 1. The van der Waals surface area contributed by atoms with E-state index in [1.807, 2.05) is 24.0 Å². The van der Waals surface area contributed by atoms with E-state index in [1.54, 1.807) is 6.92 Å². The van der Waals surface area contributed by atoms with Crippen LogP contribution in [0.25, 0.3) is 0 Å². The van der Waals surface area contributed by atoms with Gasteiger partial charge < -0.3 is 15.4 Å². The Hall–Kier alpha value is -1.69. The first-order valence-corrected chi connectivity index (χ1v) is 7.13. The summed E-state index contributed by atoms with van der Waals surface area (Å²) in [7, 11) is 0. The zero-order valence-corrected chi connectivity index (χ0v) is 12.6. The highest BCUT2D eigenvalue weighted by atomic mass is 32.1. The molecule has 0 atom stereocenters. The summed E-state index contributed by atoms with van der Waals surface area (Å²) >= 11 is 5.02. The van der Waals surface area contributed by atoms with Crippen LogP contribution >= 0.6 is 12.2 Å². The smallest absolute Gasteiger partial charge is 0.325 e. The van der Waals surface area contributed by atoms with Gasteiger partial charge in [0.1, 0.15) is 17.4 Å². The fraction of sp³-hybridized carbons (Fsp3) is 0.500. The summed E-state index contributed by atoms with van der Waals surface area (Å²) in [5.41, 5.74) is 7.29. The molecule has 0 bridgehead atoms. The van der Waals surface area contributed by atoms with Gasteiger partial charge in [-0.1, -0.05) is 12.2 Å². The standard InChI is InChI=1S/C14H19N3O2S/c1-3-19-13(18)8-17(11-4-5-11)12-7-10(14(15)20)6-9(2)16-12/h6-7,11H,3-5,8H2,1-2H3,(H2,15,20). The number of ether oxygens (including phenoxy) is 1. The number of pyridine rings is 1. The Labute approximate surface area is 124 Å². The minimum atomic E-state index is -0.236. The SMILES string of the molecule is CCOC(=O)CN(c1cc(C(N)=S)cc(C)n1)C1CC1. The molecule has 2 N–H and O–H groups in total. The van der Waals surface area contributed by atoms with Gasteiger partial charge in [0.2, 0.25) is 0 Å². The number of aryl methyl sites for hydroxylation is 1. The van der Waals surface area contributed by atoms with Crippen LogP contribution < -0.4 is 10.6 Å². The topological polar surface area (TPSA) is 68.5 Å². The molecule has 1 heterocycles. The summed E-state index contributed by atoms with van der Waals surface area (Å²) in [6, 6.07) is 4.04. The maximum absolute atomic E-state index is 11.7. The summed E-state index contributed by atoms with van der Waals surface area (Å²) in [5, 5.41) is 0. The molecular weight excluding hydrogens is 274 g/mol. The van der Waals surface area contributed by atoms with E-state index < -0.39 is 0 Å². The maximum Gasteiger partial charge on any atom is 0.325 e. The van der Waals surface area contributed by atoms with Crippen molar-refractivity contribution in [3.05, 3.63) is 23.4 Å². The summed E-state index contributed by atoms with van der Waals surface area (Å²) in [5.74, 6) is 0.503. The van der Waals surface area contributed by atoms with E-state index >= 15 is 0 Å². The molecule has 2 rings (SSSR count). The third kappa shape index (κ3) is 3.66. The van der Waals surface area contributed by atoms with Crippen molar-refractivity contribution in [3.63, 3.8) is 0 Å². The van der Waals surface area contributed by atoms with E-state index in [1.165, 1.54) is 0 Å². The summed E-state index contributed by atoms with van der Waals surface area (Å²) in [6.07, 6.45) is 2.13. The molecule has 20 heavy (non-hydrogen) atoms. The first-order chi connectivity index (χ1) is 9.51. The first-order valence-electron chi connectivity index (χ1n) is 6.72. The zero-order valence-electron chi connectivity index (χ0n) is 11.8. The molecule has 0 amide bonds. The first kappa shape index (κ1) is 14.7. The Morgan fingerprint density at radius 2 is 2.25 bits per heavy atom. The molecule has 1 saturated carbocycles. The normalized spacial score (nSPS) is 13.9. The van der Waals surface area contributed by atoms with Gasteiger partial charge in [-0.2, -0.15) is 0 Å². The average Bonchev–Trinajstić information content (AvgIpc) is 3.19. The Kier molecular flexibility index (Phi) is 4.54. The van der Waals surface area contributed by atoms with E-state index in [0.717, 1.165) is 29.9 Å². The molecule has 0 saturated heterocycles. The van der Waals surface area contributed by atoms with Crippen LogP contribution in [0.3, 0.4) is 0 Å². The van der Waals surface area contributed by atoms with Crippen LogP contribution in [0.5, 0.6) is 0 Å². The summed E-state index contributed by atoms with van der Waals surface area (Å²) in [4.78, 5) is 18.5. The molecule has 108 valence electrons. The average molecular weight is 293 g/mol. The monoisotopic (exact) mass is 293 g/mol. The Bertz CT molecular complexity index is 529. The van der Waals surface area contributed by atoms with Gasteiger partial charge >= 0.3 is 5.97 Å². The quantitative estimate of drug-likeness (QED) is 0.634. The lowest BCUT2D eigenvalue weighted by atomic mass is 10.2. The van der Waals surface area contributed by atoms with Crippen molar-refractivity contribution in [2.24, 2.45) is 5.73 Å². The number of anilines is 1. The molecule has 0 aliphatic heterocycles. The van der Waals surface area contributed by atoms with Gasteiger partial charge in [0.15, 0.2) is 0 Å². The second-order valence-electron chi connectivity index (χ2n) is 4.88. The molecule has 0 spiro atoms. The molecule has 6 heteroatoms. The minimum absolute atomic E-state index is 0.214. The number of thiocarbonyl (C=S) groups is 1. The Morgan fingerprint density at radius 3 is 2.80 bits per heavy atom. The van der Waals surface area contributed by atoms with Crippen LogP contribution in [0.4, 0.5) is 5.82 Å². The number of nitrogens with two attached hydrogens (primary N) is 1. The third-order valence-corrected chi connectivity index (χ3v) is 3.35. The number of rotatable bonds is 6. The lowest BCUT2D eigenvalue weighted by Gasteiger charge is -2.23. The van der Waals surface area contributed by atoms with Crippen molar-refractivity contribution in [2.45, 2.75) is 32.7 Å². The maximum atomic E-state index is 11.7. The van der Waals surface area contributed by atoms with Gasteiger partial charge in [-0.15, -0.1) is 0 Å². The zero-order chi connectivity index (χ0) is 14.7. The lowest BCUT2D eigenvalue weighted by molar-refractivity contribution is -0.141. The van der Waals surface area contributed by atoms with Crippen LogP contribution in [0.2, 0.25) is 0 Å². The molecule has 1 aliphatic carbocycles. The highest BCUT2D eigenvalue weighted by Gasteiger charge is 2.32. The third-order valence-electron chi connectivity index (χ3n) is 3.11. The van der Waals surface area contributed by atoms with Gasteiger partial charge in [0.25, 0.3) is 0 Å². The molecular formula is C14H19N3O2S. The van der Waals surface area contributed by atoms with Gasteiger partial charge in [0, 0.05) is 17.3 Å². The number of carbonyl (C=O) groups excluding carboxylic acids is 1. The second-order valence-corrected chi connectivity index (χ2v) is 5.32. The van der Waals surface area contributed by atoms with E-state index in [2.05, 4.69) is 4.98 Å². The molecule has 0 unspecified atom stereocenters. The summed E-state index contributed by atoms with van der Waals surface area (Å²) in [6.45, 7) is 4.29. The highest BCUT2D eigenvalue weighted by molar-refractivity contribution is 7.80. The number of nitrogens with zero attached hydrogens (tertiary/aromatic N) is 2. The number of hydrogen-bond acceptors (Lipinski definition) is 5. The van der Waals surface area contributed by atoms with E-state index in [4.69, 9.17) is 22.7 Å². The fourth-order valence-corrected chi connectivity index (χ4v) is 2.19. The number of aromatic nitrogens is 1. The number of carbonyl (C=O) groups is 1. The Morgan fingerprint density at radius 1 is 1.55 bits per heavy atom. The largest absolute Gasteiger partial charge is 0.465 e. The van der Waals surface area contributed by atoms with E-state index in [-0.39, 0.29) is 12.5 Å².